The molecule has 2 N–H and O–H groups in total. The van der Waals surface area contributed by atoms with Crippen molar-refractivity contribution >= 4 is 23.0 Å². The van der Waals surface area contributed by atoms with E-state index in [4.69, 9.17) is 22.9 Å². The molecular formula is C15H22N4S. The molecule has 2 aliphatic rings. The molecule has 0 aliphatic carbocycles. The number of hydrogen-bond acceptors (Lipinski definition) is 4. The molecule has 1 aromatic heterocycles. The van der Waals surface area contributed by atoms with Crippen molar-refractivity contribution in [2.75, 3.05) is 31.1 Å². The second-order valence-corrected chi connectivity index (χ2v) is 6.36. The molecule has 1 aromatic rings. The monoisotopic (exact) mass is 290 g/mol. The Kier molecular flexibility index (Phi) is 3.65. The van der Waals surface area contributed by atoms with Gasteiger partial charge >= 0.3 is 0 Å². The van der Waals surface area contributed by atoms with Gasteiger partial charge in [-0.1, -0.05) is 12.2 Å². The van der Waals surface area contributed by atoms with Crippen molar-refractivity contribution in [3.63, 3.8) is 0 Å². The second-order valence-electron chi connectivity index (χ2n) is 5.92. The maximum Gasteiger partial charge on any atom is 0.139 e. The molecule has 1 atom stereocenters. The lowest BCUT2D eigenvalue weighted by atomic mass is 10.1. The molecule has 2 saturated heterocycles. The molecule has 108 valence electrons. The van der Waals surface area contributed by atoms with Gasteiger partial charge in [0.2, 0.25) is 0 Å². The van der Waals surface area contributed by atoms with Gasteiger partial charge in [-0.2, -0.15) is 0 Å². The third-order valence-corrected chi connectivity index (χ3v) is 4.66. The average molecular weight is 290 g/mol. The van der Waals surface area contributed by atoms with Crippen LogP contribution in [0.5, 0.6) is 0 Å². The summed E-state index contributed by atoms with van der Waals surface area (Å²) in [6.07, 6.45) is 2.62. The topological polar surface area (TPSA) is 45.4 Å². The van der Waals surface area contributed by atoms with E-state index in [1.165, 1.54) is 19.4 Å². The molecule has 5 heteroatoms. The summed E-state index contributed by atoms with van der Waals surface area (Å²) in [6.45, 7) is 8.54. The number of nitrogens with zero attached hydrogens (tertiary/aromatic N) is 3. The van der Waals surface area contributed by atoms with Gasteiger partial charge in [0.25, 0.3) is 0 Å². The van der Waals surface area contributed by atoms with Crippen LogP contribution in [0.3, 0.4) is 0 Å². The number of nitrogens with two attached hydrogens (primary N) is 1. The Balaban J connectivity index is 1.95. The van der Waals surface area contributed by atoms with Crippen LogP contribution in [-0.4, -0.2) is 47.1 Å². The first-order valence-corrected chi connectivity index (χ1v) is 7.74. The van der Waals surface area contributed by atoms with Crippen molar-refractivity contribution in [1.29, 1.82) is 0 Å². The number of aromatic nitrogens is 1. The van der Waals surface area contributed by atoms with Crippen LogP contribution in [-0.2, 0) is 0 Å². The molecule has 20 heavy (non-hydrogen) atoms. The van der Waals surface area contributed by atoms with Gasteiger partial charge in [0.15, 0.2) is 0 Å². The van der Waals surface area contributed by atoms with E-state index in [0.717, 1.165) is 42.3 Å². The van der Waals surface area contributed by atoms with Gasteiger partial charge in [0.1, 0.15) is 10.8 Å². The molecule has 3 rings (SSSR count). The molecule has 4 nitrogen and oxygen atoms in total. The number of aryl methyl sites for hydroxylation is 2. The highest BCUT2D eigenvalue weighted by Gasteiger charge is 2.32. The van der Waals surface area contributed by atoms with Crippen LogP contribution in [0.25, 0.3) is 0 Å². The van der Waals surface area contributed by atoms with Crippen molar-refractivity contribution in [1.82, 2.24) is 9.88 Å². The zero-order chi connectivity index (χ0) is 14.3. The van der Waals surface area contributed by atoms with Gasteiger partial charge in [-0.25, -0.2) is 4.98 Å². The number of anilines is 1. The maximum atomic E-state index is 5.93. The Bertz CT molecular complexity index is 543. The molecule has 0 radical (unpaired) electrons. The fraction of sp³-hybridized carbons (Fsp3) is 0.600. The van der Waals surface area contributed by atoms with Crippen molar-refractivity contribution in [2.45, 2.75) is 32.7 Å². The summed E-state index contributed by atoms with van der Waals surface area (Å²) in [5.41, 5.74) is 9.06. The standard InChI is InChI=1S/C15H22N4S/c1-10-8-11(2)17-15(13(10)14(16)20)19-7-6-18-5-3-4-12(18)9-19/h8,12H,3-7,9H2,1-2H3,(H2,16,20). The third kappa shape index (κ3) is 2.40. The number of rotatable bonds is 2. The fourth-order valence-corrected chi connectivity index (χ4v) is 3.79. The van der Waals surface area contributed by atoms with Gasteiger partial charge in [-0.05, 0) is 44.9 Å². The van der Waals surface area contributed by atoms with Gasteiger partial charge < -0.3 is 10.6 Å². The van der Waals surface area contributed by atoms with Crippen molar-refractivity contribution < 1.29 is 0 Å². The molecule has 0 aromatic carbocycles. The molecular weight excluding hydrogens is 268 g/mol. The normalized spacial score (nSPS) is 22.9. The van der Waals surface area contributed by atoms with Crippen LogP contribution in [0.4, 0.5) is 5.82 Å². The first-order chi connectivity index (χ1) is 9.56. The molecule has 0 amide bonds. The summed E-state index contributed by atoms with van der Waals surface area (Å²) in [7, 11) is 0. The van der Waals surface area contributed by atoms with Crippen molar-refractivity contribution in [3.05, 3.63) is 22.9 Å². The van der Waals surface area contributed by atoms with Crippen LogP contribution >= 0.6 is 12.2 Å². The van der Waals surface area contributed by atoms with E-state index in [-0.39, 0.29) is 0 Å². The fourth-order valence-electron chi connectivity index (χ4n) is 3.53. The maximum absolute atomic E-state index is 5.93. The van der Waals surface area contributed by atoms with Crippen LogP contribution in [0.2, 0.25) is 0 Å². The average Bonchev–Trinajstić information content (AvgIpc) is 2.84. The van der Waals surface area contributed by atoms with E-state index in [1.54, 1.807) is 0 Å². The van der Waals surface area contributed by atoms with E-state index < -0.39 is 0 Å². The minimum absolute atomic E-state index is 0.457. The number of fused-ring (bicyclic) bond motifs is 1. The predicted octanol–water partition coefficient (Wildman–Crippen LogP) is 1.62. The Labute approximate surface area is 126 Å². The lowest BCUT2D eigenvalue weighted by Crippen LogP contribution is -2.51. The van der Waals surface area contributed by atoms with E-state index >= 15 is 0 Å². The summed E-state index contributed by atoms with van der Waals surface area (Å²) in [5.74, 6) is 0.988. The first-order valence-electron chi connectivity index (χ1n) is 7.33. The largest absolute Gasteiger partial charge is 0.389 e. The molecule has 0 spiro atoms. The number of thiocarbonyl (C=S) groups is 1. The van der Waals surface area contributed by atoms with Crippen LogP contribution in [0.15, 0.2) is 6.07 Å². The highest BCUT2D eigenvalue weighted by atomic mass is 32.1. The van der Waals surface area contributed by atoms with Crippen LogP contribution in [0, 0.1) is 13.8 Å². The number of hydrogen-bond donors (Lipinski definition) is 1. The Hall–Kier alpha value is -1.20. The SMILES string of the molecule is Cc1cc(C)c(C(N)=S)c(N2CCN3CCCC3C2)n1. The Morgan fingerprint density at radius 2 is 2.15 bits per heavy atom. The van der Waals surface area contributed by atoms with Gasteiger partial charge in [0.05, 0.1) is 5.56 Å². The van der Waals surface area contributed by atoms with E-state index in [2.05, 4.69) is 22.8 Å². The summed E-state index contributed by atoms with van der Waals surface area (Å²) in [6, 6.07) is 2.73. The minimum atomic E-state index is 0.457. The smallest absolute Gasteiger partial charge is 0.139 e. The van der Waals surface area contributed by atoms with Crippen LogP contribution < -0.4 is 10.6 Å². The molecule has 2 aliphatic heterocycles. The number of pyridine rings is 1. The van der Waals surface area contributed by atoms with E-state index in [9.17, 15) is 0 Å². The lowest BCUT2D eigenvalue weighted by molar-refractivity contribution is 0.230. The van der Waals surface area contributed by atoms with Crippen LogP contribution in [0.1, 0.15) is 29.7 Å². The number of piperazine rings is 1. The summed E-state index contributed by atoms with van der Waals surface area (Å²) >= 11 is 5.24. The quantitative estimate of drug-likeness (QED) is 0.839. The minimum Gasteiger partial charge on any atom is -0.389 e. The highest BCUT2D eigenvalue weighted by Crippen LogP contribution is 2.28. The lowest BCUT2D eigenvalue weighted by Gasteiger charge is -2.39. The second kappa shape index (κ2) is 5.30. The summed E-state index contributed by atoms with van der Waals surface area (Å²) in [5, 5.41) is 0. The molecule has 2 fully saturated rings. The van der Waals surface area contributed by atoms with E-state index in [0.29, 0.717) is 11.0 Å². The van der Waals surface area contributed by atoms with Gasteiger partial charge in [0, 0.05) is 31.4 Å². The third-order valence-electron chi connectivity index (χ3n) is 4.46. The zero-order valence-electron chi connectivity index (χ0n) is 12.2. The first kappa shape index (κ1) is 13.8. The Morgan fingerprint density at radius 1 is 1.35 bits per heavy atom. The summed E-state index contributed by atoms with van der Waals surface area (Å²) in [4.78, 5) is 10.2. The zero-order valence-corrected chi connectivity index (χ0v) is 13.0. The summed E-state index contributed by atoms with van der Waals surface area (Å²) < 4.78 is 0. The molecule has 1 unspecified atom stereocenters. The molecule has 0 saturated carbocycles. The van der Waals surface area contributed by atoms with E-state index in [1.807, 2.05) is 6.92 Å². The molecule has 0 bridgehead atoms. The predicted molar refractivity (Wildman–Crippen MR) is 86.4 cm³/mol. The molecule has 3 heterocycles. The van der Waals surface area contributed by atoms with Gasteiger partial charge in [-0.15, -0.1) is 0 Å². The van der Waals surface area contributed by atoms with Crippen molar-refractivity contribution in [2.24, 2.45) is 5.73 Å². The van der Waals surface area contributed by atoms with Gasteiger partial charge in [-0.3, -0.25) is 4.90 Å². The van der Waals surface area contributed by atoms with Crippen molar-refractivity contribution in [3.8, 4) is 0 Å². The highest BCUT2D eigenvalue weighted by molar-refractivity contribution is 7.80. The Morgan fingerprint density at radius 3 is 2.90 bits per heavy atom.